The first-order valence-corrected chi connectivity index (χ1v) is 8.91. The van der Waals surface area contributed by atoms with Crippen molar-refractivity contribution in [1.82, 2.24) is 4.98 Å². The average molecular weight is 314 g/mol. The molecule has 0 atom stereocenters. The number of nitriles is 1. The van der Waals surface area contributed by atoms with Gasteiger partial charge in [0, 0.05) is 25.5 Å². The third kappa shape index (κ3) is 4.03. The smallest absolute Gasteiger partial charge is 0.213 e. The van der Waals surface area contributed by atoms with E-state index in [1.54, 1.807) is 0 Å². The maximum Gasteiger partial charge on any atom is 0.213 e. The van der Waals surface area contributed by atoms with E-state index in [1.807, 2.05) is 18.3 Å². The summed E-state index contributed by atoms with van der Waals surface area (Å²) in [6, 6.07) is 6.38. The molecular formula is C19H26N2O2. The third-order valence-electron chi connectivity index (χ3n) is 5.35. The Morgan fingerprint density at radius 2 is 2.00 bits per heavy atom. The van der Waals surface area contributed by atoms with Crippen molar-refractivity contribution in [3.63, 3.8) is 0 Å². The number of pyridine rings is 1. The first kappa shape index (κ1) is 16.3. The molecular weight excluding hydrogens is 288 g/mol. The highest BCUT2D eigenvalue weighted by molar-refractivity contribution is 5.32. The summed E-state index contributed by atoms with van der Waals surface area (Å²) in [5.41, 5.74) is 0.550. The number of hydrogen-bond donors (Lipinski definition) is 0. The van der Waals surface area contributed by atoms with Gasteiger partial charge in [-0.2, -0.15) is 5.26 Å². The largest absolute Gasteiger partial charge is 0.478 e. The fourth-order valence-corrected chi connectivity index (χ4v) is 3.74. The van der Waals surface area contributed by atoms with Gasteiger partial charge in [-0.3, -0.25) is 0 Å². The molecule has 1 aliphatic heterocycles. The van der Waals surface area contributed by atoms with Crippen LogP contribution in [0.1, 0.15) is 56.9 Å². The highest BCUT2D eigenvalue weighted by Crippen LogP contribution is 2.34. The topological polar surface area (TPSA) is 55.1 Å². The highest BCUT2D eigenvalue weighted by atomic mass is 16.5. The summed E-state index contributed by atoms with van der Waals surface area (Å²) in [6.45, 7) is 2.04. The van der Waals surface area contributed by atoms with Gasteiger partial charge in [0.2, 0.25) is 5.88 Å². The van der Waals surface area contributed by atoms with E-state index in [4.69, 9.17) is 9.47 Å². The highest BCUT2D eigenvalue weighted by Gasteiger charge is 2.34. The maximum atomic E-state index is 9.59. The second kappa shape index (κ2) is 7.79. The Balaban J connectivity index is 1.53. The molecule has 0 unspecified atom stereocenters. The number of aromatic nitrogens is 1. The molecule has 4 nitrogen and oxygen atoms in total. The van der Waals surface area contributed by atoms with Crippen LogP contribution < -0.4 is 4.74 Å². The molecule has 0 radical (unpaired) electrons. The van der Waals surface area contributed by atoms with Crippen LogP contribution in [0.25, 0.3) is 0 Å². The molecule has 1 aromatic heterocycles. The standard InChI is InChI=1S/C19H26N2O2/c20-15-19(9-12-22-13-10-19)17-6-7-18(21-14-17)23-11-8-16-4-2-1-3-5-16/h6-7,14,16H,1-5,8-13H2. The van der Waals surface area contributed by atoms with Crippen LogP contribution in [0.5, 0.6) is 5.88 Å². The molecule has 0 spiro atoms. The van der Waals surface area contributed by atoms with Gasteiger partial charge < -0.3 is 9.47 Å². The quantitative estimate of drug-likeness (QED) is 0.824. The molecule has 1 saturated carbocycles. The number of ether oxygens (including phenoxy) is 2. The van der Waals surface area contributed by atoms with Crippen molar-refractivity contribution in [2.24, 2.45) is 5.92 Å². The lowest BCUT2D eigenvalue weighted by atomic mass is 9.76. The van der Waals surface area contributed by atoms with Crippen molar-refractivity contribution in [3.8, 4) is 11.9 Å². The Labute approximate surface area is 138 Å². The monoisotopic (exact) mass is 314 g/mol. The van der Waals surface area contributed by atoms with Crippen molar-refractivity contribution >= 4 is 0 Å². The van der Waals surface area contributed by atoms with Crippen LogP contribution in [0.15, 0.2) is 18.3 Å². The van der Waals surface area contributed by atoms with Crippen molar-refractivity contribution in [2.75, 3.05) is 19.8 Å². The van der Waals surface area contributed by atoms with Gasteiger partial charge in [0.15, 0.2) is 0 Å². The van der Waals surface area contributed by atoms with Crippen LogP contribution in [0, 0.1) is 17.2 Å². The second-order valence-electron chi connectivity index (χ2n) is 6.83. The molecule has 4 heteroatoms. The molecule has 1 aromatic rings. The van der Waals surface area contributed by atoms with Crippen LogP contribution in [0.4, 0.5) is 0 Å². The molecule has 0 N–H and O–H groups in total. The fraction of sp³-hybridized carbons (Fsp3) is 0.684. The average Bonchev–Trinajstić information content (AvgIpc) is 2.64. The molecule has 23 heavy (non-hydrogen) atoms. The van der Waals surface area contributed by atoms with E-state index in [9.17, 15) is 5.26 Å². The van der Waals surface area contributed by atoms with Crippen molar-refractivity contribution in [3.05, 3.63) is 23.9 Å². The molecule has 2 heterocycles. The maximum absolute atomic E-state index is 9.59. The van der Waals surface area contributed by atoms with E-state index in [1.165, 1.54) is 32.1 Å². The van der Waals surface area contributed by atoms with Gasteiger partial charge in [-0.25, -0.2) is 4.98 Å². The first-order valence-electron chi connectivity index (χ1n) is 8.91. The fourth-order valence-electron chi connectivity index (χ4n) is 3.74. The number of nitrogens with zero attached hydrogens (tertiary/aromatic N) is 2. The summed E-state index contributed by atoms with van der Waals surface area (Å²) in [4.78, 5) is 4.42. The third-order valence-corrected chi connectivity index (χ3v) is 5.35. The summed E-state index contributed by atoms with van der Waals surface area (Å²) >= 11 is 0. The van der Waals surface area contributed by atoms with Crippen LogP contribution in [-0.2, 0) is 10.2 Å². The lowest BCUT2D eigenvalue weighted by Gasteiger charge is -2.30. The molecule has 2 fully saturated rings. The normalized spacial score (nSPS) is 21.5. The molecule has 1 aliphatic carbocycles. The molecule has 0 bridgehead atoms. The van der Waals surface area contributed by atoms with Gasteiger partial charge in [0.25, 0.3) is 0 Å². The zero-order valence-corrected chi connectivity index (χ0v) is 13.8. The van der Waals surface area contributed by atoms with Gasteiger partial charge in [-0.15, -0.1) is 0 Å². The van der Waals surface area contributed by atoms with Crippen LogP contribution in [0.3, 0.4) is 0 Å². The zero-order valence-electron chi connectivity index (χ0n) is 13.8. The summed E-state index contributed by atoms with van der Waals surface area (Å²) in [7, 11) is 0. The molecule has 124 valence electrons. The van der Waals surface area contributed by atoms with Gasteiger partial charge in [0.05, 0.1) is 18.1 Å². The lowest BCUT2D eigenvalue weighted by molar-refractivity contribution is 0.0674. The Hall–Kier alpha value is -1.60. The van der Waals surface area contributed by atoms with Crippen LogP contribution in [-0.4, -0.2) is 24.8 Å². The van der Waals surface area contributed by atoms with E-state index >= 15 is 0 Å². The van der Waals surface area contributed by atoms with Gasteiger partial charge in [-0.1, -0.05) is 38.2 Å². The predicted molar refractivity (Wildman–Crippen MR) is 88.3 cm³/mol. The van der Waals surface area contributed by atoms with E-state index < -0.39 is 5.41 Å². The molecule has 0 aromatic carbocycles. The van der Waals surface area contributed by atoms with Crippen LogP contribution in [0.2, 0.25) is 0 Å². The molecule has 1 saturated heterocycles. The van der Waals surface area contributed by atoms with Crippen molar-refractivity contribution in [1.29, 1.82) is 5.26 Å². The Kier molecular flexibility index (Phi) is 5.51. The summed E-state index contributed by atoms with van der Waals surface area (Å²) < 4.78 is 11.2. The molecule has 3 rings (SSSR count). The van der Waals surface area contributed by atoms with E-state index in [0.29, 0.717) is 19.1 Å². The predicted octanol–water partition coefficient (Wildman–Crippen LogP) is 4.00. The van der Waals surface area contributed by atoms with Gasteiger partial charge >= 0.3 is 0 Å². The van der Waals surface area contributed by atoms with Crippen molar-refractivity contribution in [2.45, 2.75) is 56.8 Å². The lowest BCUT2D eigenvalue weighted by Crippen LogP contribution is -2.32. The minimum Gasteiger partial charge on any atom is -0.478 e. The Bertz CT molecular complexity index is 523. The second-order valence-corrected chi connectivity index (χ2v) is 6.83. The van der Waals surface area contributed by atoms with Crippen molar-refractivity contribution < 1.29 is 9.47 Å². The summed E-state index contributed by atoms with van der Waals surface area (Å²) in [5.74, 6) is 1.50. The minimum absolute atomic E-state index is 0.439. The molecule has 2 aliphatic rings. The van der Waals surface area contributed by atoms with Gasteiger partial charge in [0.1, 0.15) is 0 Å². The van der Waals surface area contributed by atoms with E-state index in [-0.39, 0.29) is 0 Å². The van der Waals surface area contributed by atoms with Crippen LogP contribution >= 0.6 is 0 Å². The summed E-state index contributed by atoms with van der Waals surface area (Å²) in [6.07, 6.45) is 11.3. The zero-order chi connectivity index (χ0) is 16.0. The first-order chi connectivity index (χ1) is 11.3. The van der Waals surface area contributed by atoms with Gasteiger partial charge in [-0.05, 0) is 30.7 Å². The minimum atomic E-state index is -0.439. The number of rotatable bonds is 5. The Morgan fingerprint density at radius 1 is 1.22 bits per heavy atom. The Morgan fingerprint density at radius 3 is 2.65 bits per heavy atom. The summed E-state index contributed by atoms with van der Waals surface area (Å²) in [5, 5.41) is 9.59. The van der Waals surface area contributed by atoms with E-state index in [2.05, 4.69) is 11.1 Å². The van der Waals surface area contributed by atoms with E-state index in [0.717, 1.165) is 37.4 Å². The molecule has 0 amide bonds. The SMILES string of the molecule is N#CC1(c2ccc(OCCC3CCCCC3)nc2)CCOCC1. The number of hydrogen-bond acceptors (Lipinski definition) is 4.